The fourth-order valence-corrected chi connectivity index (χ4v) is 3.04. The van der Waals surface area contributed by atoms with Gasteiger partial charge in [-0.05, 0) is 12.1 Å². The highest BCUT2D eigenvalue weighted by molar-refractivity contribution is 5.89. The molecule has 10 heteroatoms. The maximum atomic E-state index is 12.5. The fraction of sp³-hybridized carbons (Fsp3) is 0.294. The molecule has 2 unspecified atom stereocenters. The number of esters is 1. The molecule has 4 N–H and O–H groups in total. The summed E-state index contributed by atoms with van der Waals surface area (Å²) in [7, 11) is 0. The van der Waals surface area contributed by atoms with Crippen LogP contribution in [0.15, 0.2) is 43.0 Å². The van der Waals surface area contributed by atoms with Crippen molar-refractivity contribution in [2.75, 3.05) is 12.3 Å². The van der Waals surface area contributed by atoms with E-state index in [1.165, 1.54) is 17.2 Å². The van der Waals surface area contributed by atoms with Crippen LogP contribution in [-0.4, -0.2) is 60.6 Å². The highest BCUT2D eigenvalue weighted by atomic mass is 16.6. The Bertz CT molecular complexity index is 963. The number of anilines is 1. The number of aliphatic hydroxyl groups excluding tert-OH is 2. The minimum absolute atomic E-state index is 0.189. The number of carbonyl (C=O) groups is 1. The van der Waals surface area contributed by atoms with E-state index in [2.05, 4.69) is 15.0 Å². The van der Waals surface area contributed by atoms with Crippen LogP contribution in [0.5, 0.6) is 0 Å². The molecule has 0 aliphatic carbocycles. The number of nitrogens with zero attached hydrogens (tertiary/aromatic N) is 4. The Labute approximate surface area is 153 Å². The van der Waals surface area contributed by atoms with E-state index in [9.17, 15) is 15.0 Å². The topological polar surface area (TPSA) is 146 Å². The average Bonchev–Trinajstić information content (AvgIpc) is 3.25. The van der Waals surface area contributed by atoms with Gasteiger partial charge in [0.05, 0.1) is 18.5 Å². The number of hydrogen-bond donors (Lipinski definition) is 3. The molecule has 1 aromatic carbocycles. The van der Waals surface area contributed by atoms with Gasteiger partial charge in [0, 0.05) is 0 Å². The maximum Gasteiger partial charge on any atom is 0.338 e. The maximum absolute atomic E-state index is 12.5. The molecule has 1 aliphatic rings. The van der Waals surface area contributed by atoms with Gasteiger partial charge in [0.1, 0.15) is 24.1 Å². The summed E-state index contributed by atoms with van der Waals surface area (Å²) in [5, 5.41) is 20.0. The van der Waals surface area contributed by atoms with Crippen molar-refractivity contribution in [3.8, 4) is 0 Å². The molecular weight excluding hydrogens is 354 g/mol. The van der Waals surface area contributed by atoms with Crippen molar-refractivity contribution < 1.29 is 24.5 Å². The van der Waals surface area contributed by atoms with Crippen LogP contribution in [0.3, 0.4) is 0 Å². The molecule has 1 fully saturated rings. The summed E-state index contributed by atoms with van der Waals surface area (Å²) < 4.78 is 12.7. The van der Waals surface area contributed by atoms with Crippen molar-refractivity contribution in [2.45, 2.75) is 24.5 Å². The van der Waals surface area contributed by atoms with Gasteiger partial charge >= 0.3 is 5.97 Å². The summed E-state index contributed by atoms with van der Waals surface area (Å²) in [5.74, 6) is -0.431. The first-order valence-corrected chi connectivity index (χ1v) is 8.23. The molecule has 4 rings (SSSR count). The number of benzene rings is 1. The molecule has 2 aromatic heterocycles. The predicted octanol–water partition coefficient (Wildman–Crippen LogP) is -0.115. The van der Waals surface area contributed by atoms with E-state index in [0.29, 0.717) is 16.7 Å². The van der Waals surface area contributed by atoms with Gasteiger partial charge in [0.15, 0.2) is 23.8 Å². The standard InChI is InChI=1S/C17H17N5O5/c18-14-11-15(20-7-19-14)22(8-21-11)16-13(12(24)10(6-23)26-16)27-17(25)9-4-2-1-3-5-9/h1-5,7-8,10,12-13,16,23-24H,6H2,(H2,18,19,20)/t10-,12?,13?,16-/m1/s1. The third kappa shape index (κ3) is 2.99. The van der Waals surface area contributed by atoms with Gasteiger partial charge < -0.3 is 25.4 Å². The summed E-state index contributed by atoms with van der Waals surface area (Å²) in [4.78, 5) is 24.6. The smallest absolute Gasteiger partial charge is 0.338 e. The van der Waals surface area contributed by atoms with Crippen LogP contribution in [0.4, 0.5) is 5.82 Å². The molecule has 0 radical (unpaired) electrons. The zero-order chi connectivity index (χ0) is 19.0. The molecular formula is C17H17N5O5. The first kappa shape index (κ1) is 17.3. The van der Waals surface area contributed by atoms with Crippen LogP contribution >= 0.6 is 0 Å². The van der Waals surface area contributed by atoms with Gasteiger partial charge in [-0.15, -0.1) is 0 Å². The number of aliphatic hydroxyl groups is 2. The molecule has 140 valence electrons. The normalized spacial score (nSPS) is 25.0. The van der Waals surface area contributed by atoms with Gasteiger partial charge in [-0.1, -0.05) is 18.2 Å². The quantitative estimate of drug-likeness (QED) is 0.534. The molecule has 1 saturated heterocycles. The third-order valence-corrected chi connectivity index (χ3v) is 4.41. The number of carbonyl (C=O) groups excluding carboxylic acids is 1. The number of fused-ring (bicyclic) bond motifs is 1. The lowest BCUT2D eigenvalue weighted by molar-refractivity contribution is -0.0564. The minimum atomic E-state index is -1.23. The summed E-state index contributed by atoms with van der Waals surface area (Å²) in [6.45, 7) is -0.444. The van der Waals surface area contributed by atoms with Crippen molar-refractivity contribution in [1.29, 1.82) is 0 Å². The number of rotatable bonds is 4. The summed E-state index contributed by atoms with van der Waals surface area (Å²) in [6.07, 6.45) is -1.50. The van der Waals surface area contributed by atoms with Crippen molar-refractivity contribution in [1.82, 2.24) is 19.5 Å². The second-order valence-electron chi connectivity index (χ2n) is 6.06. The van der Waals surface area contributed by atoms with E-state index < -0.39 is 37.1 Å². The second kappa shape index (κ2) is 6.91. The Hall–Kier alpha value is -3.08. The molecule has 0 amide bonds. The van der Waals surface area contributed by atoms with Gasteiger partial charge in [-0.3, -0.25) is 4.57 Å². The van der Waals surface area contributed by atoms with Gasteiger partial charge in [0.2, 0.25) is 0 Å². The first-order valence-electron chi connectivity index (χ1n) is 8.23. The van der Waals surface area contributed by atoms with Crippen molar-refractivity contribution in [3.63, 3.8) is 0 Å². The van der Waals surface area contributed by atoms with E-state index in [-0.39, 0.29) is 5.82 Å². The Balaban J connectivity index is 1.69. The van der Waals surface area contributed by atoms with Crippen LogP contribution < -0.4 is 5.73 Å². The van der Waals surface area contributed by atoms with Gasteiger partial charge in [0.25, 0.3) is 0 Å². The average molecular weight is 371 g/mol. The van der Waals surface area contributed by atoms with E-state index in [4.69, 9.17) is 15.2 Å². The summed E-state index contributed by atoms with van der Waals surface area (Å²) in [6, 6.07) is 8.38. The highest BCUT2D eigenvalue weighted by Crippen LogP contribution is 2.34. The lowest BCUT2D eigenvalue weighted by Gasteiger charge is -2.22. The van der Waals surface area contributed by atoms with Crippen molar-refractivity contribution >= 4 is 23.0 Å². The molecule has 0 spiro atoms. The number of nitrogens with two attached hydrogens (primary N) is 1. The predicted molar refractivity (Wildman–Crippen MR) is 92.4 cm³/mol. The lowest BCUT2D eigenvalue weighted by atomic mass is 10.1. The number of aromatic nitrogens is 4. The molecule has 27 heavy (non-hydrogen) atoms. The zero-order valence-electron chi connectivity index (χ0n) is 14.0. The molecule has 1 aliphatic heterocycles. The molecule has 0 bridgehead atoms. The van der Waals surface area contributed by atoms with Crippen LogP contribution in [-0.2, 0) is 9.47 Å². The highest BCUT2D eigenvalue weighted by Gasteiger charge is 2.47. The zero-order valence-corrected chi connectivity index (χ0v) is 14.0. The van der Waals surface area contributed by atoms with E-state index in [1.54, 1.807) is 30.3 Å². The first-order chi connectivity index (χ1) is 13.1. The summed E-state index contributed by atoms with van der Waals surface area (Å²) >= 11 is 0. The molecule has 10 nitrogen and oxygen atoms in total. The van der Waals surface area contributed by atoms with Crippen LogP contribution in [0, 0.1) is 0 Å². The number of hydrogen-bond acceptors (Lipinski definition) is 9. The number of imidazole rings is 1. The SMILES string of the molecule is Nc1ncnc2c1ncn2[C@@H]1O[C@H](CO)C(O)C1OC(=O)c1ccccc1. The molecule has 4 atom stereocenters. The fourth-order valence-electron chi connectivity index (χ4n) is 3.04. The third-order valence-electron chi connectivity index (χ3n) is 4.41. The van der Waals surface area contributed by atoms with Crippen LogP contribution in [0.1, 0.15) is 16.6 Å². The second-order valence-corrected chi connectivity index (χ2v) is 6.06. The monoisotopic (exact) mass is 371 g/mol. The number of ether oxygens (including phenoxy) is 2. The van der Waals surface area contributed by atoms with E-state index in [1.807, 2.05) is 0 Å². The Morgan fingerprint density at radius 3 is 2.78 bits per heavy atom. The molecule has 0 saturated carbocycles. The molecule has 3 heterocycles. The Morgan fingerprint density at radius 2 is 2.04 bits per heavy atom. The number of nitrogen functional groups attached to an aromatic ring is 1. The van der Waals surface area contributed by atoms with Crippen LogP contribution in [0.2, 0.25) is 0 Å². The Kier molecular flexibility index (Phi) is 4.44. The van der Waals surface area contributed by atoms with Gasteiger partial charge in [-0.25, -0.2) is 19.7 Å². The van der Waals surface area contributed by atoms with E-state index >= 15 is 0 Å². The van der Waals surface area contributed by atoms with Crippen molar-refractivity contribution in [2.24, 2.45) is 0 Å². The Morgan fingerprint density at radius 1 is 1.26 bits per heavy atom. The lowest BCUT2D eigenvalue weighted by Crippen LogP contribution is -2.37. The van der Waals surface area contributed by atoms with E-state index in [0.717, 1.165) is 0 Å². The van der Waals surface area contributed by atoms with Gasteiger partial charge in [-0.2, -0.15) is 0 Å². The summed E-state index contributed by atoms with van der Waals surface area (Å²) in [5.41, 5.74) is 6.85. The molecule has 3 aromatic rings. The van der Waals surface area contributed by atoms with Crippen molar-refractivity contribution in [3.05, 3.63) is 48.5 Å². The van der Waals surface area contributed by atoms with Crippen LogP contribution in [0.25, 0.3) is 11.2 Å². The minimum Gasteiger partial charge on any atom is -0.451 e. The largest absolute Gasteiger partial charge is 0.451 e.